The van der Waals surface area contributed by atoms with Gasteiger partial charge in [0, 0.05) is 24.8 Å². The number of hydrogen-bond acceptors (Lipinski definition) is 4. The van der Waals surface area contributed by atoms with Gasteiger partial charge in [-0.1, -0.05) is 13.8 Å². The van der Waals surface area contributed by atoms with E-state index in [-0.39, 0.29) is 10.9 Å². The van der Waals surface area contributed by atoms with Gasteiger partial charge in [0.2, 0.25) is 10.0 Å². The lowest BCUT2D eigenvalue weighted by Crippen LogP contribution is -2.28. The fraction of sp³-hybridized carbons (Fsp3) is 0.500. The molecule has 0 aliphatic heterocycles. The SMILES string of the molecule is CCNS(=O)(=O)c1ccc(NCC(N)CC)cc1. The molecule has 102 valence electrons. The van der Waals surface area contributed by atoms with Gasteiger partial charge in [-0.25, -0.2) is 13.1 Å². The molecule has 1 aromatic rings. The summed E-state index contributed by atoms with van der Waals surface area (Å²) in [5.74, 6) is 0. The van der Waals surface area contributed by atoms with E-state index in [1.807, 2.05) is 6.92 Å². The van der Waals surface area contributed by atoms with Crippen LogP contribution < -0.4 is 15.8 Å². The molecule has 0 heterocycles. The van der Waals surface area contributed by atoms with Gasteiger partial charge in [0.15, 0.2) is 0 Å². The number of nitrogens with two attached hydrogens (primary N) is 1. The highest BCUT2D eigenvalue weighted by atomic mass is 32.2. The average Bonchev–Trinajstić information content (AvgIpc) is 2.36. The van der Waals surface area contributed by atoms with E-state index < -0.39 is 10.0 Å². The molecule has 1 rings (SSSR count). The normalized spacial score (nSPS) is 13.3. The summed E-state index contributed by atoms with van der Waals surface area (Å²) in [6, 6.07) is 6.75. The van der Waals surface area contributed by atoms with Crippen LogP contribution in [0.2, 0.25) is 0 Å². The summed E-state index contributed by atoms with van der Waals surface area (Å²) in [5, 5.41) is 3.17. The molecule has 1 atom stereocenters. The zero-order valence-corrected chi connectivity index (χ0v) is 11.6. The lowest BCUT2D eigenvalue weighted by Gasteiger charge is -2.12. The molecule has 0 amide bonds. The zero-order chi connectivity index (χ0) is 13.6. The van der Waals surface area contributed by atoms with Crippen LogP contribution in [0, 0.1) is 0 Å². The molecule has 1 aromatic carbocycles. The second kappa shape index (κ2) is 6.72. The van der Waals surface area contributed by atoms with Crippen LogP contribution in [0.4, 0.5) is 5.69 Å². The summed E-state index contributed by atoms with van der Waals surface area (Å²) in [6.07, 6.45) is 0.903. The van der Waals surface area contributed by atoms with Crippen LogP contribution in [0.15, 0.2) is 29.2 Å². The number of benzene rings is 1. The predicted octanol–water partition coefficient (Wildman–Crippen LogP) is 1.13. The van der Waals surface area contributed by atoms with E-state index in [9.17, 15) is 8.42 Å². The maximum Gasteiger partial charge on any atom is 0.240 e. The van der Waals surface area contributed by atoms with Gasteiger partial charge in [-0.15, -0.1) is 0 Å². The van der Waals surface area contributed by atoms with Crippen LogP contribution in [-0.4, -0.2) is 27.5 Å². The van der Waals surface area contributed by atoms with E-state index in [1.54, 1.807) is 31.2 Å². The number of nitrogens with one attached hydrogen (secondary N) is 2. The van der Waals surface area contributed by atoms with E-state index in [1.165, 1.54) is 0 Å². The molecule has 6 heteroatoms. The minimum Gasteiger partial charge on any atom is -0.383 e. The fourth-order valence-corrected chi connectivity index (χ4v) is 2.46. The second-order valence-corrected chi connectivity index (χ2v) is 5.84. The third-order valence-electron chi connectivity index (χ3n) is 2.59. The number of anilines is 1. The third-order valence-corrected chi connectivity index (χ3v) is 4.15. The fourth-order valence-electron chi connectivity index (χ4n) is 1.42. The highest BCUT2D eigenvalue weighted by Gasteiger charge is 2.11. The molecule has 5 nitrogen and oxygen atoms in total. The van der Waals surface area contributed by atoms with Gasteiger partial charge in [0.05, 0.1) is 4.90 Å². The van der Waals surface area contributed by atoms with Crippen LogP contribution in [0.25, 0.3) is 0 Å². The van der Waals surface area contributed by atoms with Crippen molar-refractivity contribution in [3.63, 3.8) is 0 Å². The van der Waals surface area contributed by atoms with E-state index in [0.717, 1.165) is 12.1 Å². The second-order valence-electron chi connectivity index (χ2n) is 4.07. The molecule has 1 unspecified atom stereocenters. The lowest BCUT2D eigenvalue weighted by atomic mass is 10.2. The Morgan fingerprint density at radius 2 is 1.83 bits per heavy atom. The van der Waals surface area contributed by atoms with Crippen molar-refractivity contribution < 1.29 is 8.42 Å². The maximum atomic E-state index is 11.7. The van der Waals surface area contributed by atoms with Crippen LogP contribution in [0.5, 0.6) is 0 Å². The first kappa shape index (κ1) is 14.9. The molecule has 0 saturated heterocycles. The van der Waals surface area contributed by atoms with Crippen molar-refractivity contribution in [3.8, 4) is 0 Å². The predicted molar refractivity (Wildman–Crippen MR) is 74.1 cm³/mol. The summed E-state index contributed by atoms with van der Waals surface area (Å²) in [4.78, 5) is 0.273. The Kier molecular flexibility index (Phi) is 5.58. The van der Waals surface area contributed by atoms with E-state index in [2.05, 4.69) is 10.0 Å². The highest BCUT2D eigenvalue weighted by Crippen LogP contribution is 2.13. The molecule has 0 saturated carbocycles. The zero-order valence-electron chi connectivity index (χ0n) is 10.8. The number of hydrogen-bond donors (Lipinski definition) is 3. The van der Waals surface area contributed by atoms with Gasteiger partial charge >= 0.3 is 0 Å². The number of rotatable bonds is 7. The first-order chi connectivity index (χ1) is 8.49. The standard InChI is InChI=1S/C12H21N3O2S/c1-3-10(13)9-14-11-5-7-12(8-6-11)18(16,17)15-4-2/h5-8,10,14-15H,3-4,9,13H2,1-2H3. The van der Waals surface area contributed by atoms with Gasteiger partial charge in [0.1, 0.15) is 0 Å². The minimum atomic E-state index is -3.37. The summed E-state index contributed by atoms with van der Waals surface area (Å²) in [6.45, 7) is 4.83. The molecule has 18 heavy (non-hydrogen) atoms. The molecule has 0 spiro atoms. The summed E-state index contributed by atoms with van der Waals surface area (Å²) in [7, 11) is -3.37. The van der Waals surface area contributed by atoms with Crippen LogP contribution in [0.1, 0.15) is 20.3 Å². The highest BCUT2D eigenvalue weighted by molar-refractivity contribution is 7.89. The van der Waals surface area contributed by atoms with Crippen molar-refractivity contribution in [2.75, 3.05) is 18.4 Å². The summed E-state index contributed by atoms with van der Waals surface area (Å²) in [5.41, 5.74) is 6.66. The van der Waals surface area contributed by atoms with Gasteiger partial charge in [-0.2, -0.15) is 0 Å². The third kappa shape index (κ3) is 4.29. The van der Waals surface area contributed by atoms with Crippen LogP contribution >= 0.6 is 0 Å². The van der Waals surface area contributed by atoms with Crippen molar-refractivity contribution in [2.24, 2.45) is 5.73 Å². The first-order valence-corrected chi connectivity index (χ1v) is 7.57. The molecule has 0 aromatic heterocycles. The Bertz CT molecular complexity index is 457. The van der Waals surface area contributed by atoms with Crippen molar-refractivity contribution in [3.05, 3.63) is 24.3 Å². The van der Waals surface area contributed by atoms with Crippen molar-refractivity contribution in [1.29, 1.82) is 0 Å². The molecule has 0 fully saturated rings. The molecular weight excluding hydrogens is 250 g/mol. The van der Waals surface area contributed by atoms with Gasteiger partial charge in [0.25, 0.3) is 0 Å². The monoisotopic (exact) mass is 271 g/mol. The van der Waals surface area contributed by atoms with Crippen molar-refractivity contribution in [1.82, 2.24) is 4.72 Å². The Hall–Kier alpha value is -1.11. The van der Waals surface area contributed by atoms with Gasteiger partial charge < -0.3 is 11.1 Å². The Morgan fingerprint density at radius 3 is 2.33 bits per heavy atom. The Morgan fingerprint density at radius 1 is 1.22 bits per heavy atom. The summed E-state index contributed by atoms with van der Waals surface area (Å²) >= 11 is 0. The molecule has 0 radical (unpaired) electrons. The lowest BCUT2D eigenvalue weighted by molar-refractivity contribution is 0.584. The van der Waals surface area contributed by atoms with Gasteiger partial charge in [-0.3, -0.25) is 0 Å². The van der Waals surface area contributed by atoms with Gasteiger partial charge in [-0.05, 0) is 30.7 Å². The van der Waals surface area contributed by atoms with E-state index >= 15 is 0 Å². The molecule has 4 N–H and O–H groups in total. The Labute approximate surface area is 109 Å². The van der Waals surface area contributed by atoms with Crippen LogP contribution in [-0.2, 0) is 10.0 Å². The molecule has 0 aliphatic carbocycles. The number of sulfonamides is 1. The largest absolute Gasteiger partial charge is 0.383 e. The molecule has 0 aliphatic rings. The van der Waals surface area contributed by atoms with Crippen LogP contribution in [0.3, 0.4) is 0 Å². The Balaban J connectivity index is 2.68. The molecule has 0 bridgehead atoms. The van der Waals surface area contributed by atoms with E-state index in [0.29, 0.717) is 13.1 Å². The summed E-state index contributed by atoms with van der Waals surface area (Å²) < 4.78 is 25.9. The smallest absolute Gasteiger partial charge is 0.240 e. The van der Waals surface area contributed by atoms with Crippen molar-refractivity contribution >= 4 is 15.7 Å². The minimum absolute atomic E-state index is 0.107. The first-order valence-electron chi connectivity index (χ1n) is 6.08. The van der Waals surface area contributed by atoms with E-state index in [4.69, 9.17) is 5.73 Å². The van der Waals surface area contributed by atoms with Crippen molar-refractivity contribution in [2.45, 2.75) is 31.2 Å². The quantitative estimate of drug-likeness (QED) is 0.694. The average molecular weight is 271 g/mol. The maximum absolute atomic E-state index is 11.7. The topological polar surface area (TPSA) is 84.2 Å². The molecular formula is C12H21N3O2S.